The molecule has 0 fully saturated rings. The number of nitrogens with one attached hydrogen (secondary N) is 1. The van der Waals surface area contributed by atoms with Crippen molar-refractivity contribution >= 4 is 0 Å². The molecule has 1 aromatic rings. The molecule has 0 saturated carbocycles. The minimum atomic E-state index is -0.817. The summed E-state index contributed by atoms with van der Waals surface area (Å²) in [5, 5.41) is 22.1. The second kappa shape index (κ2) is 5.10. The predicted molar refractivity (Wildman–Crippen MR) is 56.1 cm³/mol. The normalized spacial score (nSPS) is 15.1. The first-order chi connectivity index (χ1) is 6.65. The summed E-state index contributed by atoms with van der Waals surface area (Å²) in [7, 11) is 1.74. The molecule has 3 heteroatoms. The second-order valence-corrected chi connectivity index (χ2v) is 3.48. The van der Waals surface area contributed by atoms with E-state index in [9.17, 15) is 10.2 Å². The number of benzene rings is 1. The maximum absolute atomic E-state index is 9.75. The number of aryl methyl sites for hydroxylation is 1. The van der Waals surface area contributed by atoms with Crippen molar-refractivity contribution in [1.82, 2.24) is 5.32 Å². The highest BCUT2D eigenvalue weighted by atomic mass is 16.3. The van der Waals surface area contributed by atoms with Crippen LogP contribution < -0.4 is 5.32 Å². The Morgan fingerprint density at radius 1 is 1.36 bits per heavy atom. The summed E-state index contributed by atoms with van der Waals surface area (Å²) in [6.07, 6.45) is -1.58. The smallest absolute Gasteiger partial charge is 0.106 e. The molecule has 0 aliphatic carbocycles. The lowest BCUT2D eigenvalue weighted by Crippen LogP contribution is -2.29. The first-order valence-electron chi connectivity index (χ1n) is 4.72. The van der Waals surface area contributed by atoms with Crippen molar-refractivity contribution in [2.45, 2.75) is 19.1 Å². The van der Waals surface area contributed by atoms with Crippen LogP contribution in [0, 0.1) is 6.92 Å². The zero-order chi connectivity index (χ0) is 10.6. The molecule has 3 nitrogen and oxygen atoms in total. The fourth-order valence-corrected chi connectivity index (χ4v) is 1.40. The number of hydrogen-bond acceptors (Lipinski definition) is 3. The Bertz CT molecular complexity index is 288. The predicted octanol–water partition coefficient (Wildman–Crippen LogP) is 0.609. The van der Waals surface area contributed by atoms with Crippen LogP contribution in [0.5, 0.6) is 0 Å². The van der Waals surface area contributed by atoms with Gasteiger partial charge in [0, 0.05) is 6.54 Å². The van der Waals surface area contributed by atoms with Gasteiger partial charge in [-0.2, -0.15) is 0 Å². The van der Waals surface area contributed by atoms with Gasteiger partial charge >= 0.3 is 0 Å². The van der Waals surface area contributed by atoms with E-state index in [0.717, 1.165) is 11.1 Å². The fraction of sp³-hybridized carbons (Fsp3) is 0.455. The molecule has 78 valence electrons. The molecule has 0 aliphatic heterocycles. The minimum absolute atomic E-state index is 0.384. The first-order valence-corrected chi connectivity index (χ1v) is 4.72. The van der Waals surface area contributed by atoms with Gasteiger partial charge in [0.25, 0.3) is 0 Å². The minimum Gasteiger partial charge on any atom is -0.389 e. The molecule has 1 rings (SSSR count). The molecule has 0 heterocycles. The van der Waals surface area contributed by atoms with Gasteiger partial charge in [0.15, 0.2) is 0 Å². The standard InChI is InChI=1S/C11H17NO2/c1-8-4-3-5-9(6-8)11(14)10(13)7-12-2/h3-6,10-14H,7H2,1-2H3. The van der Waals surface area contributed by atoms with Crippen LogP contribution in [0.2, 0.25) is 0 Å². The van der Waals surface area contributed by atoms with Crippen LogP contribution in [0.3, 0.4) is 0 Å². The number of hydrogen-bond donors (Lipinski definition) is 3. The van der Waals surface area contributed by atoms with Crippen LogP contribution in [0.1, 0.15) is 17.2 Å². The number of aliphatic hydroxyl groups excluding tert-OH is 2. The summed E-state index contributed by atoms with van der Waals surface area (Å²) >= 11 is 0. The Balaban J connectivity index is 2.73. The van der Waals surface area contributed by atoms with Gasteiger partial charge in [-0.25, -0.2) is 0 Å². The van der Waals surface area contributed by atoms with Gasteiger partial charge < -0.3 is 15.5 Å². The topological polar surface area (TPSA) is 52.5 Å². The van der Waals surface area contributed by atoms with Crippen molar-refractivity contribution in [2.75, 3.05) is 13.6 Å². The van der Waals surface area contributed by atoms with Crippen molar-refractivity contribution in [1.29, 1.82) is 0 Å². The molecule has 2 unspecified atom stereocenters. The second-order valence-electron chi connectivity index (χ2n) is 3.48. The van der Waals surface area contributed by atoms with E-state index >= 15 is 0 Å². The van der Waals surface area contributed by atoms with Crippen molar-refractivity contribution in [3.63, 3.8) is 0 Å². The van der Waals surface area contributed by atoms with Crippen molar-refractivity contribution in [3.8, 4) is 0 Å². The SMILES string of the molecule is CNCC(O)C(O)c1cccc(C)c1. The van der Waals surface area contributed by atoms with E-state index in [1.54, 1.807) is 7.05 Å². The van der Waals surface area contributed by atoms with Crippen molar-refractivity contribution in [2.24, 2.45) is 0 Å². The molecule has 0 radical (unpaired) electrons. The first kappa shape index (κ1) is 11.2. The van der Waals surface area contributed by atoms with E-state index in [-0.39, 0.29) is 0 Å². The molecular weight excluding hydrogens is 178 g/mol. The van der Waals surface area contributed by atoms with Gasteiger partial charge in [-0.3, -0.25) is 0 Å². The highest BCUT2D eigenvalue weighted by molar-refractivity contribution is 5.24. The van der Waals surface area contributed by atoms with E-state index in [4.69, 9.17) is 0 Å². The Hall–Kier alpha value is -0.900. The molecule has 0 bridgehead atoms. The Labute approximate surface area is 84.4 Å². The largest absolute Gasteiger partial charge is 0.389 e. The molecule has 0 aromatic heterocycles. The van der Waals surface area contributed by atoms with Gasteiger partial charge in [-0.1, -0.05) is 29.8 Å². The maximum Gasteiger partial charge on any atom is 0.106 e. The fourth-order valence-electron chi connectivity index (χ4n) is 1.40. The molecule has 0 amide bonds. The lowest BCUT2D eigenvalue weighted by molar-refractivity contribution is 0.0202. The summed E-state index contributed by atoms with van der Waals surface area (Å²) in [6.45, 7) is 2.34. The quantitative estimate of drug-likeness (QED) is 0.659. The van der Waals surface area contributed by atoms with Gasteiger partial charge in [-0.05, 0) is 19.5 Å². The summed E-state index contributed by atoms with van der Waals surface area (Å²) < 4.78 is 0. The van der Waals surface area contributed by atoms with E-state index in [1.165, 1.54) is 0 Å². The lowest BCUT2D eigenvalue weighted by atomic mass is 10.0. The Morgan fingerprint density at radius 2 is 2.07 bits per heavy atom. The van der Waals surface area contributed by atoms with Crippen LogP contribution >= 0.6 is 0 Å². The lowest BCUT2D eigenvalue weighted by Gasteiger charge is -2.17. The van der Waals surface area contributed by atoms with E-state index in [0.29, 0.717) is 6.54 Å². The number of rotatable bonds is 4. The third-order valence-corrected chi connectivity index (χ3v) is 2.16. The van der Waals surface area contributed by atoms with Crippen LogP contribution in [0.25, 0.3) is 0 Å². The maximum atomic E-state index is 9.75. The monoisotopic (exact) mass is 195 g/mol. The molecular formula is C11H17NO2. The number of aliphatic hydroxyl groups is 2. The average molecular weight is 195 g/mol. The van der Waals surface area contributed by atoms with E-state index in [2.05, 4.69) is 5.32 Å². The third kappa shape index (κ3) is 2.80. The van der Waals surface area contributed by atoms with Gasteiger partial charge in [-0.15, -0.1) is 0 Å². The average Bonchev–Trinajstić information content (AvgIpc) is 2.17. The highest BCUT2D eigenvalue weighted by Gasteiger charge is 2.16. The summed E-state index contributed by atoms with van der Waals surface area (Å²) in [6, 6.07) is 7.53. The van der Waals surface area contributed by atoms with Gasteiger partial charge in [0.2, 0.25) is 0 Å². The van der Waals surface area contributed by atoms with Crippen LogP contribution in [0.4, 0.5) is 0 Å². The van der Waals surface area contributed by atoms with E-state index in [1.807, 2.05) is 31.2 Å². The van der Waals surface area contributed by atoms with Gasteiger partial charge in [0.1, 0.15) is 6.10 Å². The van der Waals surface area contributed by atoms with Crippen LogP contribution in [0.15, 0.2) is 24.3 Å². The molecule has 0 saturated heterocycles. The van der Waals surface area contributed by atoms with Crippen LogP contribution in [-0.2, 0) is 0 Å². The van der Waals surface area contributed by atoms with Crippen molar-refractivity contribution < 1.29 is 10.2 Å². The van der Waals surface area contributed by atoms with E-state index < -0.39 is 12.2 Å². The molecule has 1 aromatic carbocycles. The van der Waals surface area contributed by atoms with Crippen molar-refractivity contribution in [3.05, 3.63) is 35.4 Å². The molecule has 0 aliphatic rings. The van der Waals surface area contributed by atoms with Gasteiger partial charge in [0.05, 0.1) is 6.10 Å². The summed E-state index contributed by atoms with van der Waals surface area (Å²) in [4.78, 5) is 0. The molecule has 3 N–H and O–H groups in total. The number of likely N-dealkylation sites (N-methyl/N-ethyl adjacent to an activating group) is 1. The highest BCUT2D eigenvalue weighted by Crippen LogP contribution is 2.17. The summed E-state index contributed by atoms with van der Waals surface area (Å²) in [5.74, 6) is 0. The third-order valence-electron chi connectivity index (χ3n) is 2.16. The molecule has 2 atom stereocenters. The van der Waals surface area contributed by atoms with Crippen LogP contribution in [-0.4, -0.2) is 29.9 Å². The Morgan fingerprint density at radius 3 is 2.64 bits per heavy atom. The molecule has 14 heavy (non-hydrogen) atoms. The zero-order valence-corrected chi connectivity index (χ0v) is 8.57. The zero-order valence-electron chi connectivity index (χ0n) is 8.57. The molecule has 0 spiro atoms. The Kier molecular flexibility index (Phi) is 4.07. The summed E-state index contributed by atoms with van der Waals surface area (Å²) in [5.41, 5.74) is 1.84.